The Morgan fingerprint density at radius 3 is 2.65 bits per heavy atom. The Morgan fingerprint density at radius 1 is 1.47 bits per heavy atom. The van der Waals surface area contributed by atoms with E-state index in [4.69, 9.17) is 10.5 Å². The second-order valence-electron chi connectivity index (χ2n) is 4.72. The van der Waals surface area contributed by atoms with E-state index < -0.39 is 5.54 Å². The summed E-state index contributed by atoms with van der Waals surface area (Å²) < 4.78 is 4.98. The van der Waals surface area contributed by atoms with Crippen LogP contribution in [-0.2, 0) is 9.53 Å². The van der Waals surface area contributed by atoms with Gasteiger partial charge in [-0.2, -0.15) is 0 Å². The Hall–Kier alpha value is -0.650. The first-order valence-corrected chi connectivity index (χ1v) is 6.18. The number of hydrogen-bond acceptors (Lipinski definition) is 4. The van der Waals surface area contributed by atoms with Crippen LogP contribution in [0, 0.1) is 0 Å². The number of rotatable bonds is 9. The van der Waals surface area contributed by atoms with Gasteiger partial charge < -0.3 is 20.7 Å². The molecule has 0 radical (unpaired) electrons. The van der Waals surface area contributed by atoms with Crippen LogP contribution in [0.25, 0.3) is 0 Å². The van der Waals surface area contributed by atoms with Gasteiger partial charge in [0.05, 0.1) is 12.1 Å². The predicted molar refractivity (Wildman–Crippen MR) is 69.9 cm³/mol. The second kappa shape index (κ2) is 8.44. The molecular weight excluding hydrogens is 218 g/mol. The van der Waals surface area contributed by atoms with Crippen LogP contribution < -0.4 is 11.1 Å². The lowest BCUT2D eigenvalue weighted by Crippen LogP contribution is -2.52. The van der Waals surface area contributed by atoms with E-state index in [1.165, 1.54) is 0 Å². The van der Waals surface area contributed by atoms with E-state index in [0.29, 0.717) is 19.6 Å². The number of methoxy groups -OCH3 is 1. The molecule has 5 nitrogen and oxygen atoms in total. The zero-order valence-electron chi connectivity index (χ0n) is 11.6. The number of amides is 1. The summed E-state index contributed by atoms with van der Waals surface area (Å²) >= 11 is 0. The molecule has 0 heterocycles. The molecule has 3 N–H and O–H groups in total. The van der Waals surface area contributed by atoms with Gasteiger partial charge in [-0.05, 0) is 20.4 Å². The van der Waals surface area contributed by atoms with Crippen LogP contribution in [0.15, 0.2) is 0 Å². The zero-order valence-corrected chi connectivity index (χ0v) is 11.6. The van der Waals surface area contributed by atoms with Crippen LogP contribution in [0.5, 0.6) is 0 Å². The van der Waals surface area contributed by atoms with E-state index in [9.17, 15) is 4.79 Å². The van der Waals surface area contributed by atoms with Crippen LogP contribution in [0.2, 0.25) is 0 Å². The first-order chi connectivity index (χ1) is 7.94. The molecule has 0 aliphatic heterocycles. The van der Waals surface area contributed by atoms with Gasteiger partial charge in [0.1, 0.15) is 0 Å². The number of likely N-dealkylation sites (N-methyl/N-ethyl adjacent to an activating group) is 1. The first kappa shape index (κ1) is 16.4. The van der Waals surface area contributed by atoms with Crippen molar-refractivity contribution in [3.05, 3.63) is 0 Å². The maximum absolute atomic E-state index is 11.8. The minimum atomic E-state index is -0.750. The van der Waals surface area contributed by atoms with Gasteiger partial charge in [-0.3, -0.25) is 4.79 Å². The van der Waals surface area contributed by atoms with Crippen molar-refractivity contribution in [3.63, 3.8) is 0 Å². The molecule has 0 spiro atoms. The van der Waals surface area contributed by atoms with Gasteiger partial charge in [0.25, 0.3) is 0 Å². The van der Waals surface area contributed by atoms with Crippen molar-refractivity contribution in [2.45, 2.75) is 32.2 Å². The third-order valence-corrected chi connectivity index (χ3v) is 2.74. The highest BCUT2D eigenvalue weighted by molar-refractivity contribution is 5.85. The van der Waals surface area contributed by atoms with Crippen LogP contribution in [0.1, 0.15) is 26.7 Å². The number of nitrogens with two attached hydrogens (primary N) is 1. The first-order valence-electron chi connectivity index (χ1n) is 6.18. The maximum Gasteiger partial charge on any atom is 0.239 e. The Balaban J connectivity index is 3.77. The smallest absolute Gasteiger partial charge is 0.239 e. The standard InChI is InChI=1S/C12H27N3O2/c1-5-6-12(2,13)11(16)14-7-8-15(3)9-10-17-4/h5-10,13H2,1-4H3,(H,14,16). The van der Waals surface area contributed by atoms with Crippen molar-refractivity contribution >= 4 is 5.91 Å². The number of nitrogens with one attached hydrogen (secondary N) is 1. The third-order valence-electron chi connectivity index (χ3n) is 2.74. The highest BCUT2D eigenvalue weighted by Gasteiger charge is 2.26. The molecule has 0 aromatic heterocycles. The SMILES string of the molecule is CCCC(C)(N)C(=O)NCCN(C)CCOC. The van der Waals surface area contributed by atoms with E-state index in [1.54, 1.807) is 14.0 Å². The minimum Gasteiger partial charge on any atom is -0.383 e. The highest BCUT2D eigenvalue weighted by Crippen LogP contribution is 2.07. The van der Waals surface area contributed by atoms with Gasteiger partial charge >= 0.3 is 0 Å². The molecule has 0 fully saturated rings. The summed E-state index contributed by atoms with van der Waals surface area (Å²) in [5, 5.41) is 2.87. The molecule has 1 atom stereocenters. The van der Waals surface area contributed by atoms with E-state index in [-0.39, 0.29) is 5.91 Å². The van der Waals surface area contributed by atoms with Gasteiger partial charge in [0.15, 0.2) is 0 Å². The van der Waals surface area contributed by atoms with E-state index in [1.807, 2.05) is 14.0 Å². The molecule has 5 heteroatoms. The molecule has 0 aromatic rings. The summed E-state index contributed by atoms with van der Waals surface area (Å²) in [6.45, 7) is 6.79. The lowest BCUT2D eigenvalue weighted by molar-refractivity contribution is -0.126. The normalized spacial score (nSPS) is 14.7. The van der Waals surface area contributed by atoms with Crippen molar-refractivity contribution in [1.82, 2.24) is 10.2 Å². The monoisotopic (exact) mass is 245 g/mol. The van der Waals surface area contributed by atoms with Crippen molar-refractivity contribution in [2.24, 2.45) is 5.73 Å². The maximum atomic E-state index is 11.8. The van der Waals surface area contributed by atoms with Gasteiger partial charge in [0.2, 0.25) is 5.91 Å². The topological polar surface area (TPSA) is 67.6 Å². The third kappa shape index (κ3) is 7.31. The second-order valence-corrected chi connectivity index (χ2v) is 4.72. The van der Waals surface area contributed by atoms with Gasteiger partial charge in [-0.1, -0.05) is 13.3 Å². The summed E-state index contributed by atoms with van der Waals surface area (Å²) in [6, 6.07) is 0. The number of hydrogen-bond donors (Lipinski definition) is 2. The van der Waals surface area contributed by atoms with Crippen LogP contribution in [-0.4, -0.2) is 56.7 Å². The lowest BCUT2D eigenvalue weighted by atomic mass is 9.97. The molecule has 1 amide bonds. The van der Waals surface area contributed by atoms with E-state index in [0.717, 1.165) is 19.5 Å². The Labute approximate surface area is 105 Å². The summed E-state index contributed by atoms with van der Waals surface area (Å²) in [5.41, 5.74) is 5.17. The minimum absolute atomic E-state index is 0.0699. The number of ether oxygens (including phenoxy) is 1. The molecule has 102 valence electrons. The van der Waals surface area contributed by atoms with Crippen molar-refractivity contribution in [1.29, 1.82) is 0 Å². The fraction of sp³-hybridized carbons (Fsp3) is 0.917. The Kier molecular flexibility index (Phi) is 8.12. The predicted octanol–water partition coefficient (Wildman–Crippen LogP) is 0.198. The number of carbonyl (C=O) groups is 1. The van der Waals surface area contributed by atoms with Gasteiger partial charge in [-0.25, -0.2) is 0 Å². The number of carbonyl (C=O) groups excluding carboxylic acids is 1. The summed E-state index contributed by atoms with van der Waals surface area (Å²) in [6.07, 6.45) is 1.62. The molecular formula is C12H27N3O2. The van der Waals surface area contributed by atoms with Crippen molar-refractivity contribution < 1.29 is 9.53 Å². The molecule has 0 saturated carbocycles. The average molecular weight is 245 g/mol. The lowest BCUT2D eigenvalue weighted by Gasteiger charge is -2.24. The molecule has 0 aliphatic carbocycles. The van der Waals surface area contributed by atoms with Crippen LogP contribution in [0.3, 0.4) is 0 Å². The summed E-state index contributed by atoms with van der Waals surface area (Å²) in [4.78, 5) is 13.9. The molecule has 0 bridgehead atoms. The molecule has 0 saturated heterocycles. The van der Waals surface area contributed by atoms with Crippen molar-refractivity contribution in [3.8, 4) is 0 Å². The summed E-state index contributed by atoms with van der Waals surface area (Å²) in [5.74, 6) is -0.0699. The Bertz CT molecular complexity index is 220. The van der Waals surface area contributed by atoms with E-state index in [2.05, 4.69) is 10.2 Å². The van der Waals surface area contributed by atoms with Crippen molar-refractivity contribution in [2.75, 3.05) is 40.4 Å². The van der Waals surface area contributed by atoms with Gasteiger partial charge in [0, 0.05) is 26.7 Å². The quantitative estimate of drug-likeness (QED) is 0.609. The fourth-order valence-corrected chi connectivity index (χ4v) is 1.55. The van der Waals surface area contributed by atoms with E-state index >= 15 is 0 Å². The summed E-state index contributed by atoms with van der Waals surface area (Å²) in [7, 11) is 3.68. The Morgan fingerprint density at radius 2 is 2.12 bits per heavy atom. The van der Waals surface area contributed by atoms with Crippen LogP contribution in [0.4, 0.5) is 0 Å². The molecule has 1 unspecified atom stereocenters. The number of nitrogens with zero attached hydrogens (tertiary/aromatic N) is 1. The molecule has 0 aliphatic rings. The largest absolute Gasteiger partial charge is 0.383 e. The van der Waals surface area contributed by atoms with Crippen LogP contribution >= 0.6 is 0 Å². The fourth-order valence-electron chi connectivity index (χ4n) is 1.55. The molecule has 0 aromatic carbocycles. The zero-order chi connectivity index (χ0) is 13.3. The van der Waals surface area contributed by atoms with Gasteiger partial charge in [-0.15, -0.1) is 0 Å². The average Bonchev–Trinajstić information content (AvgIpc) is 2.26. The molecule has 17 heavy (non-hydrogen) atoms. The molecule has 0 rings (SSSR count). The highest BCUT2D eigenvalue weighted by atomic mass is 16.5.